The summed E-state index contributed by atoms with van der Waals surface area (Å²) in [6, 6.07) is 8.18. The van der Waals surface area contributed by atoms with Gasteiger partial charge in [0.05, 0.1) is 28.2 Å². The van der Waals surface area contributed by atoms with Gasteiger partial charge in [-0.15, -0.1) is 0 Å². The van der Waals surface area contributed by atoms with E-state index in [0.29, 0.717) is 17.8 Å². The molecule has 0 saturated carbocycles. The summed E-state index contributed by atoms with van der Waals surface area (Å²) in [7, 11) is 0. The first-order chi connectivity index (χ1) is 21.0. The maximum atomic E-state index is 13.4. The van der Waals surface area contributed by atoms with Gasteiger partial charge in [0.25, 0.3) is 5.56 Å². The maximum Gasteiger partial charge on any atom is 0.291 e. The number of aromatic amines is 2. The van der Waals surface area contributed by atoms with E-state index in [1.165, 1.54) is 19.3 Å². The smallest absolute Gasteiger partial charge is 0.291 e. The number of para-hydroxylation sites is 1. The Morgan fingerprint density at radius 3 is 2.65 bits per heavy atom. The molecular weight excluding hydrogens is 536 g/mol. The number of nitrogens with zero attached hydrogens (tertiary/aromatic N) is 2. The van der Waals surface area contributed by atoms with Crippen molar-refractivity contribution in [1.29, 1.82) is 0 Å². The van der Waals surface area contributed by atoms with E-state index in [1.807, 2.05) is 24.3 Å². The minimum Gasteiger partial charge on any atom is -0.503 e. The Hall–Kier alpha value is -3.13. The molecule has 4 aliphatic heterocycles. The molecule has 8 rings (SSSR count). The fourth-order valence-corrected chi connectivity index (χ4v) is 9.75. The fourth-order valence-electron chi connectivity index (χ4n) is 9.75. The summed E-state index contributed by atoms with van der Waals surface area (Å²) in [5.41, 5.74) is 1.75. The van der Waals surface area contributed by atoms with E-state index in [-0.39, 0.29) is 23.1 Å². The third-order valence-corrected chi connectivity index (χ3v) is 11.4. The number of aliphatic hydroxyl groups is 1. The zero-order valence-corrected chi connectivity index (χ0v) is 25.0. The third kappa shape index (κ3) is 4.30. The van der Waals surface area contributed by atoms with Crippen molar-refractivity contribution in [3.8, 4) is 5.75 Å². The van der Waals surface area contributed by atoms with Gasteiger partial charge in [-0.05, 0) is 107 Å². The molecule has 0 radical (unpaired) electrons. The number of hydrogen-bond donors (Lipinski definition) is 4. The van der Waals surface area contributed by atoms with E-state index >= 15 is 0 Å². The van der Waals surface area contributed by atoms with Crippen molar-refractivity contribution in [1.82, 2.24) is 19.8 Å². The number of allylic oxidation sites excluding steroid dienone is 4. The van der Waals surface area contributed by atoms with E-state index in [0.717, 1.165) is 92.4 Å². The number of aromatic nitrogens is 2. The van der Waals surface area contributed by atoms with Crippen molar-refractivity contribution >= 4 is 27.4 Å². The van der Waals surface area contributed by atoms with Crippen LogP contribution < -0.4 is 5.56 Å². The molecule has 6 unspecified atom stereocenters. The Balaban J connectivity index is 1.38. The van der Waals surface area contributed by atoms with Gasteiger partial charge in [-0.3, -0.25) is 9.69 Å². The second kappa shape index (κ2) is 10.5. The number of piperidine rings is 1. The van der Waals surface area contributed by atoms with Gasteiger partial charge in [-0.25, -0.2) is 0 Å². The lowest BCUT2D eigenvalue weighted by molar-refractivity contribution is -0.0894. The average Bonchev–Trinajstić information content (AvgIpc) is 3.52. The highest BCUT2D eigenvalue weighted by Crippen LogP contribution is 2.61. The summed E-state index contributed by atoms with van der Waals surface area (Å²) < 4.78 is 0. The summed E-state index contributed by atoms with van der Waals surface area (Å²) in [4.78, 5) is 25.4. The predicted molar refractivity (Wildman–Crippen MR) is 172 cm³/mol. The maximum absolute atomic E-state index is 13.4. The molecule has 3 aromatic rings. The molecule has 1 aromatic carbocycles. The van der Waals surface area contributed by atoms with Crippen LogP contribution in [-0.2, 0) is 0 Å². The summed E-state index contributed by atoms with van der Waals surface area (Å²) in [6.07, 6.45) is 22.0. The molecule has 1 aliphatic carbocycles. The number of rotatable bonds is 1. The van der Waals surface area contributed by atoms with Crippen LogP contribution in [0.25, 0.3) is 27.4 Å². The van der Waals surface area contributed by atoms with Crippen molar-refractivity contribution in [3.63, 3.8) is 0 Å². The third-order valence-electron chi connectivity index (χ3n) is 11.4. The average molecular weight is 581 g/mol. The number of nitrogens with one attached hydrogen (secondary N) is 2. The van der Waals surface area contributed by atoms with Crippen molar-refractivity contribution in [3.05, 3.63) is 70.7 Å². The van der Waals surface area contributed by atoms with E-state index in [9.17, 15) is 15.0 Å². The normalized spacial score (nSPS) is 35.0. The molecule has 3 bridgehead atoms. The zero-order valence-electron chi connectivity index (χ0n) is 25.0. The minimum atomic E-state index is -1.05. The van der Waals surface area contributed by atoms with Gasteiger partial charge in [0.15, 0.2) is 5.75 Å². The van der Waals surface area contributed by atoms with Crippen molar-refractivity contribution in [2.75, 3.05) is 26.2 Å². The number of pyridine rings is 1. The molecule has 4 N–H and O–H groups in total. The molecular formula is C36H44N4O3. The fraction of sp³-hybridized carbons (Fsp3) is 0.528. The van der Waals surface area contributed by atoms with Gasteiger partial charge in [0, 0.05) is 28.9 Å². The van der Waals surface area contributed by atoms with Crippen LogP contribution in [0.4, 0.5) is 0 Å². The number of aromatic hydroxyl groups is 1. The first-order valence-corrected chi connectivity index (χ1v) is 16.6. The number of H-pyrrole nitrogens is 2. The van der Waals surface area contributed by atoms with Gasteiger partial charge in [-0.2, -0.15) is 0 Å². The predicted octanol–water partition coefficient (Wildman–Crippen LogP) is 5.85. The largest absolute Gasteiger partial charge is 0.503 e. The van der Waals surface area contributed by atoms with Crippen LogP contribution in [0.1, 0.15) is 69.9 Å². The SMILES string of the molecule is O=c1[nH]c(C2=CC3(O)CCC=CCCCCN4CCC2C2(CC5C=CCCCCN5C32)C4)c2[nH]c3ccccc3c2c1O. The first kappa shape index (κ1) is 27.4. The molecule has 6 atom stereocenters. The quantitative estimate of drug-likeness (QED) is 0.271. The summed E-state index contributed by atoms with van der Waals surface area (Å²) >= 11 is 0. The van der Waals surface area contributed by atoms with Crippen molar-refractivity contribution in [2.24, 2.45) is 11.3 Å². The van der Waals surface area contributed by atoms with E-state index in [2.05, 4.69) is 50.1 Å². The highest BCUT2D eigenvalue weighted by Gasteiger charge is 2.65. The standard InChI is InChI=1S/C36H44N4O3/c41-32-29-25-14-8-9-15-28(25)37-31(29)30(38-33(32)42)26-22-36(43)17-10-4-1-2-5-11-18-39-20-16-27(26)35(23-39)21-24-13-7-3-6-12-19-40(24)34(35)36/h1,4,7-9,13-15,22,24,27,34,37,41,43H,2-3,5-6,10-12,16-21,23H2,(H,38,42). The highest BCUT2D eigenvalue weighted by atomic mass is 16.3. The Morgan fingerprint density at radius 1 is 0.930 bits per heavy atom. The van der Waals surface area contributed by atoms with Crippen LogP contribution in [0.5, 0.6) is 5.75 Å². The van der Waals surface area contributed by atoms with Crippen LogP contribution >= 0.6 is 0 Å². The van der Waals surface area contributed by atoms with E-state index < -0.39 is 11.2 Å². The summed E-state index contributed by atoms with van der Waals surface area (Å²) in [5, 5.41) is 25.5. The molecule has 226 valence electrons. The second-order valence-corrected chi connectivity index (χ2v) is 13.9. The van der Waals surface area contributed by atoms with Crippen LogP contribution in [0.2, 0.25) is 0 Å². The summed E-state index contributed by atoms with van der Waals surface area (Å²) in [6.45, 7) is 4.09. The molecule has 2 fully saturated rings. The van der Waals surface area contributed by atoms with Gasteiger partial charge in [-0.1, -0.05) is 42.5 Å². The molecule has 5 aliphatic rings. The van der Waals surface area contributed by atoms with Crippen LogP contribution in [0.3, 0.4) is 0 Å². The lowest BCUT2D eigenvalue weighted by Gasteiger charge is -2.58. The van der Waals surface area contributed by atoms with Crippen LogP contribution in [0, 0.1) is 11.3 Å². The molecule has 6 heterocycles. The molecule has 1 spiro atoms. The van der Waals surface area contributed by atoms with Crippen LogP contribution in [0.15, 0.2) is 59.4 Å². The number of benzene rings is 1. The van der Waals surface area contributed by atoms with E-state index in [4.69, 9.17) is 0 Å². The Morgan fingerprint density at radius 2 is 1.74 bits per heavy atom. The van der Waals surface area contributed by atoms with Gasteiger partial charge >= 0.3 is 0 Å². The number of hydrogen-bond acceptors (Lipinski definition) is 5. The molecule has 7 heteroatoms. The molecule has 2 aromatic heterocycles. The molecule has 0 amide bonds. The second-order valence-electron chi connectivity index (χ2n) is 13.9. The minimum absolute atomic E-state index is 0.0143. The lowest BCUT2D eigenvalue weighted by atomic mass is 9.54. The van der Waals surface area contributed by atoms with E-state index in [1.54, 1.807) is 0 Å². The highest BCUT2D eigenvalue weighted by molar-refractivity contribution is 6.12. The monoisotopic (exact) mass is 580 g/mol. The molecule has 2 saturated heterocycles. The van der Waals surface area contributed by atoms with Crippen LogP contribution in [-0.4, -0.2) is 73.8 Å². The molecule has 7 nitrogen and oxygen atoms in total. The van der Waals surface area contributed by atoms with Gasteiger partial charge in [0.1, 0.15) is 0 Å². The van der Waals surface area contributed by atoms with Crippen molar-refractivity contribution < 1.29 is 10.2 Å². The van der Waals surface area contributed by atoms with Gasteiger partial charge < -0.3 is 25.1 Å². The number of fused-ring (bicyclic) bond motifs is 5. The summed E-state index contributed by atoms with van der Waals surface area (Å²) in [5.74, 6) is -0.0596. The van der Waals surface area contributed by atoms with Crippen molar-refractivity contribution in [2.45, 2.75) is 81.9 Å². The lowest BCUT2D eigenvalue weighted by Crippen LogP contribution is -2.65. The Kier molecular flexibility index (Phi) is 6.69. The first-order valence-electron chi connectivity index (χ1n) is 16.6. The zero-order chi connectivity index (χ0) is 29.2. The topological polar surface area (TPSA) is 95.6 Å². The Bertz CT molecular complexity index is 1700. The van der Waals surface area contributed by atoms with Gasteiger partial charge in [0.2, 0.25) is 0 Å². The molecule has 43 heavy (non-hydrogen) atoms. The Labute approximate surface area is 253 Å².